The maximum atomic E-state index is 11.2. The van der Waals surface area contributed by atoms with Gasteiger partial charge in [0.25, 0.3) is 5.91 Å². The molecule has 3 rings (SSSR count). The Morgan fingerprint density at radius 1 is 1.53 bits per heavy atom. The van der Waals surface area contributed by atoms with E-state index >= 15 is 0 Å². The van der Waals surface area contributed by atoms with Crippen LogP contribution in [0.2, 0.25) is 0 Å². The molecule has 1 unspecified atom stereocenters. The van der Waals surface area contributed by atoms with Crippen molar-refractivity contribution >= 4 is 11.7 Å². The fourth-order valence-corrected chi connectivity index (χ4v) is 2.35. The van der Waals surface area contributed by atoms with Crippen molar-refractivity contribution in [2.24, 2.45) is 11.7 Å². The normalized spacial score (nSPS) is 24.4. The average molecular weight is 206 g/mol. The third kappa shape index (κ3) is 1.30. The van der Waals surface area contributed by atoms with Gasteiger partial charge in [-0.25, -0.2) is 4.68 Å². The molecule has 0 saturated heterocycles. The van der Waals surface area contributed by atoms with Crippen LogP contribution in [0.1, 0.15) is 35.7 Å². The fraction of sp³-hybridized carbons (Fsp3) is 0.600. The molecule has 1 fully saturated rings. The molecule has 1 atom stereocenters. The highest BCUT2D eigenvalue weighted by Crippen LogP contribution is 2.44. The van der Waals surface area contributed by atoms with Crippen molar-refractivity contribution in [2.75, 3.05) is 11.9 Å². The van der Waals surface area contributed by atoms with Gasteiger partial charge in [-0.1, -0.05) is 0 Å². The van der Waals surface area contributed by atoms with Gasteiger partial charge in [0.05, 0.1) is 12.2 Å². The summed E-state index contributed by atoms with van der Waals surface area (Å²) in [5, 5.41) is 7.48. The minimum Gasteiger partial charge on any atom is -0.370 e. The van der Waals surface area contributed by atoms with E-state index in [4.69, 9.17) is 5.73 Å². The van der Waals surface area contributed by atoms with Crippen LogP contribution >= 0.6 is 0 Å². The van der Waals surface area contributed by atoms with Gasteiger partial charge in [0.2, 0.25) is 0 Å². The number of rotatable bonds is 2. The third-order valence-electron chi connectivity index (χ3n) is 3.27. The van der Waals surface area contributed by atoms with Gasteiger partial charge in [0.1, 0.15) is 11.4 Å². The van der Waals surface area contributed by atoms with Gasteiger partial charge in [0.15, 0.2) is 0 Å². The SMILES string of the molecule is NC(=O)c1cnn2c1NCCC2C1CC1. The van der Waals surface area contributed by atoms with Crippen LogP contribution in [0.15, 0.2) is 6.20 Å². The van der Waals surface area contributed by atoms with Crippen molar-refractivity contribution < 1.29 is 4.79 Å². The molecular formula is C10H14N4O. The zero-order valence-corrected chi connectivity index (χ0v) is 8.44. The number of nitrogens with one attached hydrogen (secondary N) is 1. The number of hydrogen-bond acceptors (Lipinski definition) is 3. The molecule has 1 amide bonds. The predicted octanol–water partition coefficient (Wildman–Crippen LogP) is 0.749. The van der Waals surface area contributed by atoms with Crippen LogP contribution in [0.5, 0.6) is 0 Å². The molecule has 0 radical (unpaired) electrons. The summed E-state index contributed by atoms with van der Waals surface area (Å²) in [6.45, 7) is 0.910. The highest BCUT2D eigenvalue weighted by Gasteiger charge is 2.36. The molecule has 0 aromatic carbocycles. The second kappa shape index (κ2) is 2.98. The van der Waals surface area contributed by atoms with Gasteiger partial charge in [0, 0.05) is 6.54 Å². The van der Waals surface area contributed by atoms with Gasteiger partial charge >= 0.3 is 0 Å². The van der Waals surface area contributed by atoms with Crippen LogP contribution in [-0.2, 0) is 0 Å². The van der Waals surface area contributed by atoms with Crippen LogP contribution in [0, 0.1) is 5.92 Å². The number of amides is 1. The molecule has 0 spiro atoms. The Labute approximate surface area is 87.6 Å². The molecule has 1 aliphatic carbocycles. The lowest BCUT2D eigenvalue weighted by atomic mass is 10.1. The summed E-state index contributed by atoms with van der Waals surface area (Å²) in [5.74, 6) is 1.16. The summed E-state index contributed by atoms with van der Waals surface area (Å²) in [6, 6.07) is 0.467. The van der Waals surface area contributed by atoms with Crippen molar-refractivity contribution in [3.63, 3.8) is 0 Å². The van der Waals surface area contributed by atoms with E-state index in [2.05, 4.69) is 10.4 Å². The van der Waals surface area contributed by atoms with E-state index in [1.165, 1.54) is 12.8 Å². The molecule has 5 nitrogen and oxygen atoms in total. The molecule has 1 aromatic rings. The minimum absolute atomic E-state index is 0.403. The summed E-state index contributed by atoms with van der Waals surface area (Å²) >= 11 is 0. The van der Waals surface area contributed by atoms with Crippen molar-refractivity contribution in [3.8, 4) is 0 Å². The van der Waals surface area contributed by atoms with E-state index < -0.39 is 5.91 Å². The Morgan fingerprint density at radius 3 is 3.00 bits per heavy atom. The molecule has 2 heterocycles. The Kier molecular flexibility index (Phi) is 1.74. The highest BCUT2D eigenvalue weighted by atomic mass is 16.1. The third-order valence-corrected chi connectivity index (χ3v) is 3.27. The van der Waals surface area contributed by atoms with Gasteiger partial charge in [-0.3, -0.25) is 4.79 Å². The molecular weight excluding hydrogens is 192 g/mol. The zero-order chi connectivity index (χ0) is 10.4. The van der Waals surface area contributed by atoms with Crippen molar-refractivity contribution in [3.05, 3.63) is 11.8 Å². The van der Waals surface area contributed by atoms with Crippen molar-refractivity contribution in [1.29, 1.82) is 0 Å². The fourth-order valence-electron chi connectivity index (χ4n) is 2.35. The molecule has 3 N–H and O–H groups in total. The molecule has 80 valence electrons. The van der Waals surface area contributed by atoms with E-state index in [0.29, 0.717) is 11.6 Å². The molecule has 2 aliphatic rings. The predicted molar refractivity (Wildman–Crippen MR) is 55.6 cm³/mol. The number of fused-ring (bicyclic) bond motifs is 1. The largest absolute Gasteiger partial charge is 0.370 e. The number of anilines is 1. The van der Waals surface area contributed by atoms with Gasteiger partial charge in [-0.2, -0.15) is 5.10 Å². The number of aromatic nitrogens is 2. The number of carbonyl (C=O) groups is 1. The molecule has 5 heteroatoms. The number of nitrogens with two attached hydrogens (primary N) is 1. The van der Waals surface area contributed by atoms with Crippen LogP contribution in [0.4, 0.5) is 5.82 Å². The minimum atomic E-state index is -0.403. The first-order valence-electron chi connectivity index (χ1n) is 5.38. The van der Waals surface area contributed by atoms with E-state index in [9.17, 15) is 4.79 Å². The lowest BCUT2D eigenvalue weighted by Crippen LogP contribution is -2.26. The van der Waals surface area contributed by atoms with Crippen LogP contribution in [0.3, 0.4) is 0 Å². The summed E-state index contributed by atoms with van der Waals surface area (Å²) in [7, 11) is 0. The first kappa shape index (κ1) is 8.76. The second-order valence-electron chi connectivity index (χ2n) is 4.34. The Morgan fingerprint density at radius 2 is 2.33 bits per heavy atom. The van der Waals surface area contributed by atoms with E-state index in [0.717, 1.165) is 24.7 Å². The first-order chi connectivity index (χ1) is 7.27. The first-order valence-corrected chi connectivity index (χ1v) is 5.38. The van der Waals surface area contributed by atoms with Gasteiger partial charge < -0.3 is 11.1 Å². The summed E-state index contributed by atoms with van der Waals surface area (Å²) in [5.41, 5.74) is 5.80. The van der Waals surface area contributed by atoms with Crippen molar-refractivity contribution in [2.45, 2.75) is 25.3 Å². The number of carbonyl (C=O) groups excluding carboxylic acids is 1. The van der Waals surface area contributed by atoms with E-state index in [1.807, 2.05) is 4.68 Å². The monoisotopic (exact) mass is 206 g/mol. The Hall–Kier alpha value is -1.52. The molecule has 1 aliphatic heterocycles. The molecule has 15 heavy (non-hydrogen) atoms. The van der Waals surface area contributed by atoms with Crippen molar-refractivity contribution in [1.82, 2.24) is 9.78 Å². The quantitative estimate of drug-likeness (QED) is 0.749. The van der Waals surface area contributed by atoms with Crippen LogP contribution in [0.25, 0.3) is 0 Å². The number of nitrogens with zero attached hydrogens (tertiary/aromatic N) is 2. The molecule has 1 saturated carbocycles. The molecule has 0 bridgehead atoms. The topological polar surface area (TPSA) is 72.9 Å². The summed E-state index contributed by atoms with van der Waals surface area (Å²) < 4.78 is 1.95. The highest BCUT2D eigenvalue weighted by molar-refractivity contribution is 5.97. The van der Waals surface area contributed by atoms with E-state index in [1.54, 1.807) is 6.20 Å². The van der Waals surface area contributed by atoms with Crippen LogP contribution in [-0.4, -0.2) is 22.2 Å². The summed E-state index contributed by atoms with van der Waals surface area (Å²) in [6.07, 6.45) is 5.24. The summed E-state index contributed by atoms with van der Waals surface area (Å²) in [4.78, 5) is 11.2. The maximum Gasteiger partial charge on any atom is 0.254 e. The second-order valence-corrected chi connectivity index (χ2v) is 4.34. The maximum absolute atomic E-state index is 11.2. The number of primary amides is 1. The Balaban J connectivity index is 2.01. The van der Waals surface area contributed by atoms with Gasteiger partial charge in [-0.05, 0) is 25.2 Å². The van der Waals surface area contributed by atoms with Crippen LogP contribution < -0.4 is 11.1 Å². The lowest BCUT2D eigenvalue weighted by molar-refractivity contribution is 0.100. The van der Waals surface area contributed by atoms with Gasteiger partial charge in [-0.15, -0.1) is 0 Å². The number of hydrogen-bond donors (Lipinski definition) is 2. The lowest BCUT2D eigenvalue weighted by Gasteiger charge is -2.25. The average Bonchev–Trinajstić information content (AvgIpc) is 2.96. The smallest absolute Gasteiger partial charge is 0.254 e. The molecule has 1 aromatic heterocycles. The van der Waals surface area contributed by atoms with E-state index in [-0.39, 0.29) is 0 Å². The zero-order valence-electron chi connectivity index (χ0n) is 8.44. The Bertz CT molecular complexity index is 408. The standard InChI is InChI=1S/C10H14N4O/c11-9(15)7-5-13-14-8(6-1-2-6)3-4-12-10(7)14/h5-6,8,12H,1-4H2,(H2,11,15).